The maximum atomic E-state index is 11.9. The lowest BCUT2D eigenvalue weighted by Gasteiger charge is -2.17. The van der Waals surface area contributed by atoms with Crippen LogP contribution < -0.4 is 4.72 Å². The number of hydrogen-bond acceptors (Lipinski definition) is 5. The van der Waals surface area contributed by atoms with Gasteiger partial charge in [-0.05, 0) is 18.2 Å². The highest BCUT2D eigenvalue weighted by molar-refractivity contribution is 7.92. The van der Waals surface area contributed by atoms with Crippen molar-refractivity contribution in [3.05, 3.63) is 54.0 Å². The van der Waals surface area contributed by atoms with Gasteiger partial charge in [0.05, 0.1) is 23.9 Å². The molecule has 3 rings (SSSR count). The average Bonchev–Trinajstić information content (AvgIpc) is 3.15. The number of carbonyl (C=O) groups is 1. The summed E-state index contributed by atoms with van der Waals surface area (Å²) >= 11 is 0. The molecule has 126 valence electrons. The Morgan fingerprint density at radius 3 is 2.67 bits per heavy atom. The van der Waals surface area contributed by atoms with Gasteiger partial charge < -0.3 is 4.42 Å². The lowest BCUT2D eigenvalue weighted by Crippen LogP contribution is -2.23. The Kier molecular flexibility index (Phi) is 4.15. The van der Waals surface area contributed by atoms with Crippen molar-refractivity contribution in [3.8, 4) is 0 Å². The van der Waals surface area contributed by atoms with Crippen LogP contribution >= 0.6 is 0 Å². The summed E-state index contributed by atoms with van der Waals surface area (Å²) in [4.78, 5) is 11.9. The van der Waals surface area contributed by atoms with Gasteiger partial charge in [0.1, 0.15) is 11.8 Å². The van der Waals surface area contributed by atoms with Crippen molar-refractivity contribution in [1.29, 1.82) is 0 Å². The standard InChI is InChI=1S/C16H17N3O4S/c1-11(20)19-15(16-8-5-9-23-16)10-14(17-19)12-6-3-4-7-13(12)18-24(2,21)22/h3-9,15,18H,10H2,1-2H3. The molecule has 1 aliphatic rings. The van der Waals surface area contributed by atoms with E-state index in [1.807, 2.05) is 0 Å². The highest BCUT2D eigenvalue weighted by Gasteiger charge is 2.34. The molecule has 1 aromatic carbocycles. The van der Waals surface area contributed by atoms with Crippen molar-refractivity contribution >= 4 is 27.3 Å². The first-order valence-corrected chi connectivity index (χ1v) is 9.22. The number of nitrogens with one attached hydrogen (secondary N) is 1. The number of hydrogen-bond donors (Lipinski definition) is 1. The van der Waals surface area contributed by atoms with Crippen LogP contribution in [0.25, 0.3) is 0 Å². The monoisotopic (exact) mass is 347 g/mol. The third kappa shape index (κ3) is 3.33. The summed E-state index contributed by atoms with van der Waals surface area (Å²) in [5.41, 5.74) is 1.70. The summed E-state index contributed by atoms with van der Waals surface area (Å²) in [7, 11) is -3.42. The maximum Gasteiger partial charge on any atom is 0.240 e. The summed E-state index contributed by atoms with van der Waals surface area (Å²) in [5, 5.41) is 5.76. The van der Waals surface area contributed by atoms with Crippen molar-refractivity contribution < 1.29 is 17.6 Å². The molecule has 0 fully saturated rings. The van der Waals surface area contributed by atoms with Crippen LogP contribution in [0.3, 0.4) is 0 Å². The minimum Gasteiger partial charge on any atom is -0.467 e. The van der Waals surface area contributed by atoms with Crippen LogP contribution in [-0.4, -0.2) is 31.3 Å². The molecule has 8 heteroatoms. The number of hydrazone groups is 1. The highest BCUT2D eigenvalue weighted by atomic mass is 32.2. The number of para-hydroxylation sites is 1. The van der Waals surface area contributed by atoms with Gasteiger partial charge in [-0.15, -0.1) is 0 Å². The van der Waals surface area contributed by atoms with E-state index >= 15 is 0 Å². The molecular formula is C16H17N3O4S. The first-order valence-electron chi connectivity index (χ1n) is 7.33. The predicted octanol–water partition coefficient (Wildman–Crippen LogP) is 2.35. The van der Waals surface area contributed by atoms with E-state index in [1.165, 1.54) is 11.9 Å². The molecule has 1 aromatic heterocycles. The van der Waals surface area contributed by atoms with E-state index in [1.54, 1.807) is 42.7 Å². The van der Waals surface area contributed by atoms with E-state index in [4.69, 9.17) is 4.42 Å². The van der Waals surface area contributed by atoms with Crippen LogP contribution in [0, 0.1) is 0 Å². The SMILES string of the molecule is CC(=O)N1N=C(c2ccccc2NS(C)(=O)=O)CC1c1ccco1. The molecule has 0 saturated heterocycles. The second-order valence-corrected chi connectivity index (χ2v) is 7.31. The normalized spacial score (nSPS) is 17.7. The van der Waals surface area contributed by atoms with Crippen molar-refractivity contribution in [1.82, 2.24) is 5.01 Å². The molecule has 1 unspecified atom stereocenters. The minimum absolute atomic E-state index is 0.208. The number of anilines is 1. The van der Waals surface area contributed by atoms with E-state index in [9.17, 15) is 13.2 Å². The fraction of sp³-hybridized carbons (Fsp3) is 0.250. The molecule has 1 N–H and O–H groups in total. The van der Waals surface area contributed by atoms with Crippen LogP contribution in [0.5, 0.6) is 0 Å². The van der Waals surface area contributed by atoms with Crippen molar-refractivity contribution in [2.24, 2.45) is 5.10 Å². The fourth-order valence-corrected chi connectivity index (χ4v) is 3.27. The molecule has 0 radical (unpaired) electrons. The van der Waals surface area contributed by atoms with E-state index in [0.717, 1.165) is 6.26 Å². The lowest BCUT2D eigenvalue weighted by molar-refractivity contribution is -0.130. The zero-order chi connectivity index (χ0) is 17.3. The van der Waals surface area contributed by atoms with Gasteiger partial charge in [-0.25, -0.2) is 13.4 Å². The van der Waals surface area contributed by atoms with Crippen LogP contribution in [0.1, 0.15) is 30.7 Å². The van der Waals surface area contributed by atoms with Crippen LogP contribution in [0.15, 0.2) is 52.2 Å². The van der Waals surface area contributed by atoms with E-state index in [0.29, 0.717) is 29.1 Å². The van der Waals surface area contributed by atoms with Gasteiger partial charge in [-0.2, -0.15) is 5.10 Å². The van der Waals surface area contributed by atoms with Gasteiger partial charge in [-0.1, -0.05) is 18.2 Å². The minimum atomic E-state index is -3.42. The zero-order valence-electron chi connectivity index (χ0n) is 13.3. The number of sulfonamides is 1. The van der Waals surface area contributed by atoms with Crippen molar-refractivity contribution in [2.75, 3.05) is 11.0 Å². The molecule has 0 bridgehead atoms. The molecular weight excluding hydrogens is 330 g/mol. The molecule has 1 aliphatic heterocycles. The van der Waals surface area contributed by atoms with Crippen LogP contribution in [-0.2, 0) is 14.8 Å². The largest absolute Gasteiger partial charge is 0.467 e. The lowest BCUT2D eigenvalue weighted by atomic mass is 10.0. The Hall–Kier alpha value is -2.61. The molecule has 0 saturated carbocycles. The number of benzene rings is 1. The van der Waals surface area contributed by atoms with Gasteiger partial charge in [0.25, 0.3) is 0 Å². The molecule has 2 heterocycles. The third-order valence-electron chi connectivity index (χ3n) is 3.64. The first kappa shape index (κ1) is 16.3. The molecule has 0 spiro atoms. The van der Waals surface area contributed by atoms with Crippen molar-refractivity contribution in [3.63, 3.8) is 0 Å². The van der Waals surface area contributed by atoms with Gasteiger partial charge >= 0.3 is 0 Å². The summed E-state index contributed by atoms with van der Waals surface area (Å²) < 4.78 is 31.0. The van der Waals surface area contributed by atoms with Gasteiger partial charge in [0, 0.05) is 18.9 Å². The summed E-state index contributed by atoms with van der Waals surface area (Å²) in [6.45, 7) is 1.43. The molecule has 1 atom stereocenters. The Morgan fingerprint density at radius 1 is 1.29 bits per heavy atom. The highest BCUT2D eigenvalue weighted by Crippen LogP contribution is 2.34. The number of furan rings is 1. The summed E-state index contributed by atoms with van der Waals surface area (Å²) in [5.74, 6) is 0.428. The van der Waals surface area contributed by atoms with Gasteiger partial charge in [0.2, 0.25) is 15.9 Å². The molecule has 24 heavy (non-hydrogen) atoms. The number of carbonyl (C=O) groups excluding carboxylic acids is 1. The van der Waals surface area contributed by atoms with Gasteiger partial charge in [-0.3, -0.25) is 9.52 Å². The molecule has 0 aliphatic carbocycles. The molecule has 2 aromatic rings. The Morgan fingerprint density at radius 2 is 2.04 bits per heavy atom. The molecule has 1 amide bonds. The van der Waals surface area contributed by atoms with Gasteiger partial charge in [0.15, 0.2) is 0 Å². The Labute approximate surface area is 140 Å². The van der Waals surface area contributed by atoms with E-state index < -0.39 is 10.0 Å². The third-order valence-corrected chi connectivity index (χ3v) is 4.23. The van der Waals surface area contributed by atoms with Crippen LogP contribution in [0.4, 0.5) is 5.69 Å². The first-order chi connectivity index (χ1) is 11.3. The zero-order valence-corrected chi connectivity index (χ0v) is 14.1. The second-order valence-electron chi connectivity index (χ2n) is 5.57. The number of nitrogens with zero attached hydrogens (tertiary/aromatic N) is 2. The van der Waals surface area contributed by atoms with E-state index in [-0.39, 0.29) is 11.9 Å². The average molecular weight is 347 g/mol. The fourth-order valence-electron chi connectivity index (χ4n) is 2.69. The summed E-state index contributed by atoms with van der Waals surface area (Å²) in [6, 6.07) is 10.2. The van der Waals surface area contributed by atoms with E-state index in [2.05, 4.69) is 9.82 Å². The van der Waals surface area contributed by atoms with Crippen molar-refractivity contribution in [2.45, 2.75) is 19.4 Å². The predicted molar refractivity (Wildman–Crippen MR) is 90.0 cm³/mol. The number of amides is 1. The quantitative estimate of drug-likeness (QED) is 0.919. The topological polar surface area (TPSA) is 92.0 Å². The second kappa shape index (κ2) is 6.12. The maximum absolute atomic E-state index is 11.9. The Balaban J connectivity index is 1.99. The summed E-state index contributed by atoms with van der Waals surface area (Å²) in [6.07, 6.45) is 3.08. The smallest absolute Gasteiger partial charge is 0.240 e. The van der Waals surface area contributed by atoms with Crippen LogP contribution in [0.2, 0.25) is 0 Å². The number of rotatable bonds is 4. The Bertz CT molecular complexity index is 888. The molecule has 7 nitrogen and oxygen atoms in total.